The molecule has 1 aliphatic carbocycles. The van der Waals surface area contributed by atoms with Gasteiger partial charge >= 0.3 is 5.97 Å². The second-order valence-electron chi connectivity index (χ2n) is 5.36. The molecule has 2 rings (SSSR count). The van der Waals surface area contributed by atoms with Crippen LogP contribution in [0.3, 0.4) is 0 Å². The van der Waals surface area contributed by atoms with Crippen LogP contribution in [-0.2, 0) is 24.0 Å². The average Bonchev–Trinajstić information content (AvgIpc) is 3.28. The summed E-state index contributed by atoms with van der Waals surface area (Å²) in [5, 5.41) is 3.76. The Bertz CT molecular complexity index is 506. The number of amides is 2. The maximum atomic E-state index is 11.8. The highest BCUT2D eigenvalue weighted by Crippen LogP contribution is 2.38. The lowest BCUT2D eigenvalue weighted by Gasteiger charge is -2.16. The number of hydrogen-bond acceptors (Lipinski definition) is 5. The molecule has 0 aromatic carbocycles. The Morgan fingerprint density at radius 3 is 2.64 bits per heavy atom. The molecule has 0 spiro atoms. The molecule has 1 heterocycles. The predicted molar refractivity (Wildman–Crippen MR) is 76.0 cm³/mol. The van der Waals surface area contributed by atoms with Crippen LogP contribution in [0.25, 0.3) is 0 Å². The minimum absolute atomic E-state index is 0.125. The molecule has 0 bridgehead atoms. The Kier molecular flexibility index (Phi) is 5.68. The van der Waals surface area contributed by atoms with Crippen LogP contribution in [0.1, 0.15) is 51.4 Å². The van der Waals surface area contributed by atoms with E-state index in [9.17, 15) is 19.2 Å². The molecular formula is C15H20N2O5. The fourth-order valence-electron chi connectivity index (χ4n) is 2.24. The first-order valence-electron chi connectivity index (χ1n) is 7.57. The number of nitrogens with one attached hydrogen (secondary N) is 1. The summed E-state index contributed by atoms with van der Waals surface area (Å²) in [7, 11) is 0. The van der Waals surface area contributed by atoms with Crippen molar-refractivity contribution in [3.05, 3.63) is 11.3 Å². The molecule has 7 heteroatoms. The third-order valence-electron chi connectivity index (χ3n) is 3.52. The smallest absolute Gasteiger partial charge is 0.333 e. The second-order valence-corrected chi connectivity index (χ2v) is 5.36. The van der Waals surface area contributed by atoms with Crippen LogP contribution in [0.2, 0.25) is 0 Å². The monoisotopic (exact) mass is 308 g/mol. The van der Waals surface area contributed by atoms with Gasteiger partial charge in [-0.2, -0.15) is 0 Å². The molecule has 2 fully saturated rings. The summed E-state index contributed by atoms with van der Waals surface area (Å²) in [6, 6.07) is 0. The highest BCUT2D eigenvalue weighted by molar-refractivity contribution is 5.82. The van der Waals surface area contributed by atoms with Gasteiger partial charge in [-0.1, -0.05) is 0 Å². The third kappa shape index (κ3) is 4.68. The van der Waals surface area contributed by atoms with Crippen molar-refractivity contribution in [3.8, 4) is 0 Å². The van der Waals surface area contributed by atoms with Gasteiger partial charge in [0.05, 0.1) is 5.70 Å². The van der Waals surface area contributed by atoms with Crippen molar-refractivity contribution in [1.82, 2.24) is 10.4 Å². The van der Waals surface area contributed by atoms with Gasteiger partial charge in [-0.25, -0.2) is 4.79 Å². The molecule has 1 saturated carbocycles. The van der Waals surface area contributed by atoms with Crippen LogP contribution >= 0.6 is 0 Å². The van der Waals surface area contributed by atoms with E-state index in [0.717, 1.165) is 23.6 Å². The lowest BCUT2D eigenvalue weighted by atomic mass is 10.3. The largest absolute Gasteiger partial charge is 0.356 e. The quantitative estimate of drug-likeness (QED) is 0.533. The highest BCUT2D eigenvalue weighted by atomic mass is 16.7. The third-order valence-corrected chi connectivity index (χ3v) is 3.52. The van der Waals surface area contributed by atoms with Gasteiger partial charge < -0.3 is 14.9 Å². The first kappa shape index (κ1) is 16.2. The molecule has 0 atom stereocenters. The number of nitrogens with zero attached hydrogens (tertiary/aromatic N) is 1. The Labute approximate surface area is 128 Å². The number of carbonyl (C=O) groups is 4. The molecule has 1 saturated heterocycles. The van der Waals surface area contributed by atoms with Crippen molar-refractivity contribution < 1.29 is 24.0 Å². The SMILES string of the molecule is O=CCCC(=O)NCCCC(=O)ON1C(=O)CCC1=C1CC1. The molecule has 0 aromatic heterocycles. The number of carbonyl (C=O) groups excluding carboxylic acids is 4. The van der Waals surface area contributed by atoms with E-state index in [0.29, 0.717) is 32.1 Å². The van der Waals surface area contributed by atoms with Crippen LogP contribution in [-0.4, -0.2) is 35.7 Å². The molecule has 120 valence electrons. The number of hydrogen-bond donors (Lipinski definition) is 1. The Balaban J connectivity index is 1.66. The zero-order chi connectivity index (χ0) is 15.9. The summed E-state index contributed by atoms with van der Waals surface area (Å²) >= 11 is 0. The first-order chi connectivity index (χ1) is 10.6. The molecule has 0 unspecified atom stereocenters. The summed E-state index contributed by atoms with van der Waals surface area (Å²) in [4.78, 5) is 50.0. The fraction of sp³-hybridized carbons (Fsp3) is 0.600. The van der Waals surface area contributed by atoms with Crippen LogP contribution in [0.5, 0.6) is 0 Å². The van der Waals surface area contributed by atoms with Gasteiger partial charge in [0.1, 0.15) is 6.29 Å². The second kappa shape index (κ2) is 7.72. The van der Waals surface area contributed by atoms with Gasteiger partial charge in [-0.3, -0.25) is 9.59 Å². The van der Waals surface area contributed by atoms with E-state index in [1.807, 2.05) is 0 Å². The molecule has 0 radical (unpaired) electrons. The molecule has 7 nitrogen and oxygen atoms in total. The van der Waals surface area contributed by atoms with E-state index < -0.39 is 5.97 Å². The van der Waals surface area contributed by atoms with Crippen LogP contribution in [0.4, 0.5) is 0 Å². The number of hydroxylamine groups is 2. The van der Waals surface area contributed by atoms with Crippen molar-refractivity contribution in [1.29, 1.82) is 0 Å². The van der Waals surface area contributed by atoms with E-state index in [-0.39, 0.29) is 31.1 Å². The topological polar surface area (TPSA) is 92.8 Å². The Morgan fingerprint density at radius 1 is 1.18 bits per heavy atom. The predicted octanol–water partition coefficient (Wildman–Crippen LogP) is 0.990. The van der Waals surface area contributed by atoms with E-state index in [2.05, 4.69) is 5.32 Å². The summed E-state index contributed by atoms with van der Waals surface area (Å²) in [6.45, 7) is 0.342. The minimum atomic E-state index is -0.476. The van der Waals surface area contributed by atoms with Crippen molar-refractivity contribution >= 4 is 24.1 Å². The molecule has 0 aromatic rings. The van der Waals surface area contributed by atoms with Crippen molar-refractivity contribution in [2.24, 2.45) is 0 Å². The van der Waals surface area contributed by atoms with Gasteiger partial charge in [0.15, 0.2) is 0 Å². The average molecular weight is 308 g/mol. The number of rotatable bonds is 8. The Morgan fingerprint density at radius 2 is 1.95 bits per heavy atom. The van der Waals surface area contributed by atoms with E-state index in [1.165, 1.54) is 5.57 Å². The van der Waals surface area contributed by atoms with Crippen molar-refractivity contribution in [2.75, 3.05) is 6.54 Å². The summed E-state index contributed by atoms with van der Waals surface area (Å²) in [6.07, 6.45) is 4.59. The van der Waals surface area contributed by atoms with Crippen LogP contribution in [0, 0.1) is 0 Å². The molecule has 2 amide bonds. The molecule has 1 aliphatic heterocycles. The van der Waals surface area contributed by atoms with Gasteiger partial charge in [0.25, 0.3) is 5.91 Å². The van der Waals surface area contributed by atoms with Gasteiger partial charge in [-0.05, 0) is 24.8 Å². The highest BCUT2D eigenvalue weighted by Gasteiger charge is 2.34. The minimum Gasteiger partial charge on any atom is -0.356 e. The summed E-state index contributed by atoms with van der Waals surface area (Å²) < 4.78 is 0. The van der Waals surface area contributed by atoms with E-state index >= 15 is 0 Å². The van der Waals surface area contributed by atoms with Gasteiger partial charge in [0.2, 0.25) is 5.91 Å². The molecule has 2 aliphatic rings. The van der Waals surface area contributed by atoms with E-state index in [1.54, 1.807) is 0 Å². The number of allylic oxidation sites excluding steroid dienone is 2. The zero-order valence-electron chi connectivity index (χ0n) is 12.4. The lowest BCUT2D eigenvalue weighted by molar-refractivity contribution is -0.186. The zero-order valence-corrected chi connectivity index (χ0v) is 12.4. The Hall–Kier alpha value is -2.18. The van der Waals surface area contributed by atoms with Crippen molar-refractivity contribution in [3.63, 3.8) is 0 Å². The van der Waals surface area contributed by atoms with E-state index in [4.69, 9.17) is 4.84 Å². The molecular weight excluding hydrogens is 288 g/mol. The summed E-state index contributed by atoms with van der Waals surface area (Å²) in [5.74, 6) is -0.864. The first-order valence-corrected chi connectivity index (χ1v) is 7.57. The van der Waals surface area contributed by atoms with Gasteiger partial charge in [-0.15, -0.1) is 5.06 Å². The lowest BCUT2D eigenvalue weighted by Crippen LogP contribution is -2.28. The molecule has 1 N–H and O–H groups in total. The fourth-order valence-corrected chi connectivity index (χ4v) is 2.24. The maximum Gasteiger partial charge on any atom is 0.333 e. The van der Waals surface area contributed by atoms with Crippen LogP contribution in [0.15, 0.2) is 11.3 Å². The maximum absolute atomic E-state index is 11.8. The summed E-state index contributed by atoms with van der Waals surface area (Å²) in [5.41, 5.74) is 2.04. The normalized spacial score (nSPS) is 16.7. The van der Waals surface area contributed by atoms with Crippen molar-refractivity contribution in [2.45, 2.75) is 51.4 Å². The standard InChI is InChI=1S/C15H20N2O5/c18-10-2-3-13(19)16-9-1-4-15(21)22-17-12(11-5-6-11)7-8-14(17)20/h10H,1-9H2,(H,16,19). The van der Waals surface area contributed by atoms with Gasteiger partial charge in [0, 0.05) is 38.6 Å². The number of aldehydes is 1. The van der Waals surface area contributed by atoms with Crippen LogP contribution < -0.4 is 5.32 Å². The molecule has 22 heavy (non-hydrogen) atoms.